The first-order valence-electron chi connectivity index (χ1n) is 2.57. The largest absolute Gasteiger partial charge is 0.399 e. The van der Waals surface area contributed by atoms with Crippen molar-refractivity contribution in [2.24, 2.45) is 5.16 Å². The van der Waals surface area contributed by atoms with E-state index in [0.29, 0.717) is 0 Å². The van der Waals surface area contributed by atoms with Crippen LogP contribution in [0.1, 0.15) is 12.8 Å². The molecule has 8 heavy (non-hydrogen) atoms. The Morgan fingerprint density at radius 1 is 1.75 bits per heavy atom. The van der Waals surface area contributed by atoms with E-state index in [4.69, 9.17) is 5.11 Å². The van der Waals surface area contributed by atoms with Gasteiger partial charge in [-0.15, -0.1) is 0 Å². The molecule has 0 radical (unpaired) electrons. The highest BCUT2D eigenvalue weighted by molar-refractivity contribution is 5.55. The zero-order chi connectivity index (χ0) is 6.24. The average molecular weight is 117 g/mol. The van der Waals surface area contributed by atoms with Crippen LogP contribution in [0, 0.1) is 0 Å². The lowest BCUT2D eigenvalue weighted by atomic mass is 10.3. The molecule has 3 nitrogen and oxygen atoms in total. The number of nitrogens with zero attached hydrogens (tertiary/aromatic N) is 1. The van der Waals surface area contributed by atoms with Gasteiger partial charge in [0.25, 0.3) is 0 Å². The second kappa shape index (κ2) is 6.43. The molecule has 0 aliphatic carbocycles. The summed E-state index contributed by atoms with van der Waals surface area (Å²) in [5, 5.41) is 11.7. The molecule has 48 valence electrons. The van der Waals surface area contributed by atoms with Gasteiger partial charge in [-0.05, 0) is 12.8 Å². The topological polar surface area (TPSA) is 41.8 Å². The number of aliphatic hydroxyl groups is 1. The van der Waals surface area contributed by atoms with E-state index < -0.39 is 0 Å². The molecule has 0 aromatic rings. The fraction of sp³-hybridized carbons (Fsp3) is 0.800. The number of hydrogen-bond acceptors (Lipinski definition) is 3. The van der Waals surface area contributed by atoms with Gasteiger partial charge in [0.1, 0.15) is 7.11 Å². The summed E-state index contributed by atoms with van der Waals surface area (Å²) in [4.78, 5) is 4.38. The van der Waals surface area contributed by atoms with E-state index in [0.717, 1.165) is 12.8 Å². The summed E-state index contributed by atoms with van der Waals surface area (Å²) < 4.78 is 0. The molecule has 0 atom stereocenters. The van der Waals surface area contributed by atoms with Crippen molar-refractivity contribution in [3.05, 3.63) is 0 Å². The monoisotopic (exact) mass is 117 g/mol. The van der Waals surface area contributed by atoms with Gasteiger partial charge in [0.2, 0.25) is 0 Å². The molecule has 3 heteroatoms. The Bertz CT molecular complexity index is 63.4. The lowest BCUT2D eigenvalue weighted by Crippen LogP contribution is -1.82. The highest BCUT2D eigenvalue weighted by atomic mass is 16.6. The van der Waals surface area contributed by atoms with E-state index in [9.17, 15) is 0 Å². The average Bonchev–Trinajstić information content (AvgIpc) is 1.81. The van der Waals surface area contributed by atoms with Crippen LogP contribution in [0.15, 0.2) is 5.16 Å². The molecule has 0 aliphatic rings. The van der Waals surface area contributed by atoms with Crippen LogP contribution in [0.4, 0.5) is 0 Å². The van der Waals surface area contributed by atoms with E-state index in [1.54, 1.807) is 6.21 Å². The van der Waals surface area contributed by atoms with Crippen molar-refractivity contribution in [3.63, 3.8) is 0 Å². The van der Waals surface area contributed by atoms with Crippen molar-refractivity contribution in [2.45, 2.75) is 12.8 Å². The van der Waals surface area contributed by atoms with Crippen LogP contribution < -0.4 is 0 Å². The van der Waals surface area contributed by atoms with Crippen LogP contribution in [0.25, 0.3) is 0 Å². The van der Waals surface area contributed by atoms with Gasteiger partial charge in [0.15, 0.2) is 0 Å². The van der Waals surface area contributed by atoms with Crippen LogP contribution in [-0.4, -0.2) is 25.0 Å². The summed E-state index contributed by atoms with van der Waals surface area (Å²) in [6.07, 6.45) is 3.17. The number of hydrogen-bond donors (Lipinski definition) is 1. The Balaban J connectivity index is 2.80. The standard InChI is InChI=1S/C5H11NO2/c1-8-6-4-2-3-5-7/h4,7H,2-3,5H2,1H3/b6-4+. The molecular weight excluding hydrogens is 106 g/mol. The molecule has 0 aromatic heterocycles. The Kier molecular flexibility index (Phi) is 5.97. The predicted octanol–water partition coefficient (Wildman–Crippen LogP) is 0.391. The quantitative estimate of drug-likeness (QED) is 0.329. The highest BCUT2D eigenvalue weighted by Crippen LogP contribution is 1.81. The highest BCUT2D eigenvalue weighted by Gasteiger charge is 1.77. The van der Waals surface area contributed by atoms with Gasteiger partial charge >= 0.3 is 0 Å². The number of oxime groups is 1. The van der Waals surface area contributed by atoms with Crippen LogP contribution in [0.5, 0.6) is 0 Å². The van der Waals surface area contributed by atoms with Gasteiger partial charge < -0.3 is 9.94 Å². The molecule has 0 rings (SSSR count). The summed E-state index contributed by atoms with van der Waals surface area (Å²) in [6.45, 7) is 0.218. The minimum atomic E-state index is 0.218. The third kappa shape index (κ3) is 5.43. The third-order valence-corrected chi connectivity index (χ3v) is 0.671. The first kappa shape index (κ1) is 7.43. The minimum absolute atomic E-state index is 0.218. The maximum Gasteiger partial charge on any atom is 0.106 e. The lowest BCUT2D eigenvalue weighted by molar-refractivity contribution is 0.214. The second-order valence-electron chi connectivity index (χ2n) is 1.34. The van der Waals surface area contributed by atoms with Crippen LogP contribution >= 0.6 is 0 Å². The summed E-state index contributed by atoms with van der Waals surface area (Å²) in [5.74, 6) is 0. The van der Waals surface area contributed by atoms with Gasteiger partial charge in [-0.3, -0.25) is 0 Å². The van der Waals surface area contributed by atoms with E-state index in [2.05, 4.69) is 9.99 Å². The maximum atomic E-state index is 8.26. The maximum absolute atomic E-state index is 8.26. The summed E-state index contributed by atoms with van der Waals surface area (Å²) in [7, 11) is 1.50. The summed E-state index contributed by atoms with van der Waals surface area (Å²) in [6, 6.07) is 0. The van der Waals surface area contributed by atoms with Gasteiger partial charge in [-0.1, -0.05) is 5.16 Å². The van der Waals surface area contributed by atoms with Crippen LogP contribution in [-0.2, 0) is 4.84 Å². The molecule has 0 saturated carbocycles. The summed E-state index contributed by atoms with van der Waals surface area (Å²) >= 11 is 0. The molecule has 0 aromatic carbocycles. The van der Waals surface area contributed by atoms with Gasteiger partial charge in [0.05, 0.1) is 0 Å². The molecule has 0 amide bonds. The van der Waals surface area contributed by atoms with Crippen molar-refractivity contribution in [2.75, 3.05) is 13.7 Å². The van der Waals surface area contributed by atoms with Gasteiger partial charge in [0, 0.05) is 12.8 Å². The number of rotatable bonds is 4. The molecular formula is C5H11NO2. The van der Waals surface area contributed by atoms with Gasteiger partial charge in [-0.2, -0.15) is 0 Å². The zero-order valence-corrected chi connectivity index (χ0v) is 5.00. The molecule has 0 fully saturated rings. The Morgan fingerprint density at radius 3 is 3.00 bits per heavy atom. The van der Waals surface area contributed by atoms with Crippen molar-refractivity contribution in [1.29, 1.82) is 0 Å². The normalized spacial score (nSPS) is 10.2. The van der Waals surface area contributed by atoms with E-state index in [1.165, 1.54) is 7.11 Å². The minimum Gasteiger partial charge on any atom is -0.399 e. The predicted molar refractivity (Wildman–Crippen MR) is 31.8 cm³/mol. The fourth-order valence-electron chi connectivity index (χ4n) is 0.310. The number of aliphatic hydroxyl groups excluding tert-OH is 1. The molecule has 0 bridgehead atoms. The molecule has 0 heterocycles. The SMILES string of the molecule is CO/N=C/CCCO. The molecule has 0 unspecified atom stereocenters. The van der Waals surface area contributed by atoms with Crippen molar-refractivity contribution >= 4 is 6.21 Å². The Morgan fingerprint density at radius 2 is 2.50 bits per heavy atom. The molecule has 0 aliphatic heterocycles. The lowest BCUT2D eigenvalue weighted by Gasteiger charge is -1.85. The summed E-state index contributed by atoms with van der Waals surface area (Å²) in [5.41, 5.74) is 0. The van der Waals surface area contributed by atoms with Crippen LogP contribution in [0.2, 0.25) is 0 Å². The van der Waals surface area contributed by atoms with Crippen molar-refractivity contribution in [3.8, 4) is 0 Å². The number of unbranched alkanes of at least 4 members (excludes halogenated alkanes) is 1. The Labute approximate surface area is 49.0 Å². The smallest absolute Gasteiger partial charge is 0.106 e. The zero-order valence-electron chi connectivity index (χ0n) is 5.00. The molecule has 1 N–H and O–H groups in total. The van der Waals surface area contributed by atoms with Crippen molar-refractivity contribution in [1.82, 2.24) is 0 Å². The van der Waals surface area contributed by atoms with Crippen molar-refractivity contribution < 1.29 is 9.94 Å². The van der Waals surface area contributed by atoms with E-state index in [1.807, 2.05) is 0 Å². The van der Waals surface area contributed by atoms with Crippen LogP contribution in [0.3, 0.4) is 0 Å². The van der Waals surface area contributed by atoms with Gasteiger partial charge in [-0.25, -0.2) is 0 Å². The first-order chi connectivity index (χ1) is 3.91. The fourth-order valence-corrected chi connectivity index (χ4v) is 0.310. The molecule has 0 spiro atoms. The first-order valence-corrected chi connectivity index (χ1v) is 2.57. The second-order valence-corrected chi connectivity index (χ2v) is 1.34. The molecule has 0 saturated heterocycles. The van der Waals surface area contributed by atoms with E-state index in [-0.39, 0.29) is 6.61 Å². The Hall–Kier alpha value is -0.570. The van der Waals surface area contributed by atoms with E-state index >= 15 is 0 Å². The third-order valence-electron chi connectivity index (χ3n) is 0.671.